The van der Waals surface area contributed by atoms with Crippen LogP contribution in [0.2, 0.25) is 0 Å². The molecule has 0 aromatic carbocycles. The molecule has 4 rings (SSSR count). The molecule has 0 amide bonds. The van der Waals surface area contributed by atoms with E-state index < -0.39 is 46.9 Å². The Bertz CT molecular complexity index is 770. The van der Waals surface area contributed by atoms with E-state index in [1.807, 2.05) is 0 Å². The van der Waals surface area contributed by atoms with Gasteiger partial charge in [-0.25, -0.2) is 8.42 Å². The zero-order valence-electron chi connectivity index (χ0n) is 17.8. The second-order valence-electron chi connectivity index (χ2n) is 8.83. The minimum absolute atomic E-state index is 0.224. The molecule has 0 spiro atoms. The summed E-state index contributed by atoms with van der Waals surface area (Å²) in [4.78, 5) is 2.14. The summed E-state index contributed by atoms with van der Waals surface area (Å²) in [6.45, 7) is 6.55. The molecule has 0 bridgehead atoms. The van der Waals surface area contributed by atoms with Crippen molar-refractivity contribution in [2.45, 2.75) is 82.4 Å². The third-order valence-corrected chi connectivity index (χ3v) is 6.68. The fourth-order valence-electron chi connectivity index (χ4n) is 5.06. The van der Waals surface area contributed by atoms with Gasteiger partial charge in [0, 0.05) is 20.0 Å². The summed E-state index contributed by atoms with van der Waals surface area (Å²) < 4.78 is 65.3. The average Bonchev–Trinajstić information content (AvgIpc) is 3.01. The number of amidine groups is 1. The SMILES string of the molecule is CO[C@H]1O[C@H]([C@@H](CN2CCC[N+]3=C2CCCCC3)OS(=O)(=O)[O-])[C@@H]2OC(C)(C)O[C@H]12. The zero-order chi connectivity index (χ0) is 21.5. The first-order chi connectivity index (χ1) is 14.2. The number of nitrogens with zero attached hydrogens (tertiary/aromatic N) is 2. The van der Waals surface area contributed by atoms with Gasteiger partial charge in [0.25, 0.3) is 0 Å². The Morgan fingerprint density at radius 1 is 1.20 bits per heavy atom. The molecule has 0 N–H and O–H groups in total. The summed E-state index contributed by atoms with van der Waals surface area (Å²) in [6.07, 6.45) is 1.61. The van der Waals surface area contributed by atoms with Crippen molar-refractivity contribution in [1.82, 2.24) is 4.90 Å². The Hall–Kier alpha value is -0.820. The summed E-state index contributed by atoms with van der Waals surface area (Å²) in [5.41, 5.74) is 0. The Labute approximate surface area is 178 Å². The summed E-state index contributed by atoms with van der Waals surface area (Å²) in [6, 6.07) is 0. The molecule has 0 radical (unpaired) electrons. The predicted octanol–water partition coefficient (Wildman–Crippen LogP) is 0.414. The molecule has 2 fully saturated rings. The molecule has 2 saturated heterocycles. The Kier molecular flexibility index (Phi) is 6.42. The van der Waals surface area contributed by atoms with Crippen LogP contribution in [0.1, 0.15) is 46.0 Å². The number of methoxy groups -OCH3 is 1. The van der Waals surface area contributed by atoms with Crippen molar-refractivity contribution < 1.29 is 40.7 Å². The second-order valence-corrected chi connectivity index (χ2v) is 9.83. The first kappa shape index (κ1) is 22.4. The van der Waals surface area contributed by atoms with Crippen molar-refractivity contribution in [3.63, 3.8) is 0 Å². The first-order valence-electron chi connectivity index (χ1n) is 10.7. The van der Waals surface area contributed by atoms with E-state index >= 15 is 0 Å². The predicted molar refractivity (Wildman–Crippen MR) is 104 cm³/mol. The van der Waals surface area contributed by atoms with Crippen LogP contribution < -0.4 is 0 Å². The molecule has 10 nitrogen and oxygen atoms in total. The van der Waals surface area contributed by atoms with Gasteiger partial charge in [0.2, 0.25) is 16.2 Å². The summed E-state index contributed by atoms with van der Waals surface area (Å²) in [5.74, 6) is 0.324. The van der Waals surface area contributed by atoms with E-state index in [0.29, 0.717) is 0 Å². The normalized spacial score (nSPS) is 35.1. The van der Waals surface area contributed by atoms with Gasteiger partial charge >= 0.3 is 0 Å². The van der Waals surface area contributed by atoms with Crippen LogP contribution in [0.3, 0.4) is 0 Å². The monoisotopic (exact) mass is 448 g/mol. The molecule has 4 aliphatic heterocycles. The van der Waals surface area contributed by atoms with Crippen molar-refractivity contribution in [2.24, 2.45) is 0 Å². The molecule has 5 atom stereocenters. The molecule has 11 heteroatoms. The molecule has 30 heavy (non-hydrogen) atoms. The van der Waals surface area contributed by atoms with Crippen molar-refractivity contribution in [1.29, 1.82) is 0 Å². The van der Waals surface area contributed by atoms with Crippen molar-refractivity contribution in [2.75, 3.05) is 33.3 Å². The van der Waals surface area contributed by atoms with Crippen molar-refractivity contribution >= 4 is 16.2 Å². The van der Waals surface area contributed by atoms with E-state index in [-0.39, 0.29) is 6.54 Å². The average molecular weight is 449 g/mol. The van der Waals surface area contributed by atoms with Gasteiger partial charge in [-0.1, -0.05) is 0 Å². The van der Waals surface area contributed by atoms with Gasteiger partial charge < -0.3 is 23.5 Å². The number of fused-ring (bicyclic) bond motifs is 1. The van der Waals surface area contributed by atoms with Gasteiger partial charge in [-0.15, -0.1) is 0 Å². The molecule has 0 aromatic rings. The molecule has 0 saturated carbocycles. The maximum Gasteiger partial charge on any atom is 0.246 e. The van der Waals surface area contributed by atoms with E-state index in [9.17, 15) is 13.0 Å². The van der Waals surface area contributed by atoms with Crippen LogP contribution in [0, 0.1) is 0 Å². The summed E-state index contributed by atoms with van der Waals surface area (Å²) in [5, 5.41) is 0. The van der Waals surface area contributed by atoms with Gasteiger partial charge in [-0.3, -0.25) is 13.7 Å². The Morgan fingerprint density at radius 3 is 2.67 bits per heavy atom. The quantitative estimate of drug-likeness (QED) is 0.324. The smallest absolute Gasteiger partial charge is 0.246 e. The minimum atomic E-state index is -4.95. The van der Waals surface area contributed by atoms with Crippen LogP contribution in [0.25, 0.3) is 0 Å². The van der Waals surface area contributed by atoms with Crippen LogP contribution in [0.15, 0.2) is 0 Å². The summed E-state index contributed by atoms with van der Waals surface area (Å²) in [7, 11) is -3.46. The van der Waals surface area contributed by atoms with E-state index in [1.54, 1.807) is 13.8 Å². The number of hydrogen-bond acceptors (Lipinski definition) is 9. The molecular formula is C19H32N2O8S. The minimum Gasteiger partial charge on any atom is -0.726 e. The molecule has 4 aliphatic rings. The second kappa shape index (κ2) is 8.61. The van der Waals surface area contributed by atoms with Gasteiger partial charge in [0.1, 0.15) is 31.0 Å². The molecule has 172 valence electrons. The van der Waals surface area contributed by atoms with Crippen LogP contribution in [0.4, 0.5) is 0 Å². The van der Waals surface area contributed by atoms with E-state index in [2.05, 4.69) is 9.48 Å². The lowest BCUT2D eigenvalue weighted by atomic mass is 10.0. The van der Waals surface area contributed by atoms with Gasteiger partial charge in [0.05, 0.1) is 19.6 Å². The first-order valence-corrected chi connectivity index (χ1v) is 12.0. The molecule has 0 aliphatic carbocycles. The zero-order valence-corrected chi connectivity index (χ0v) is 18.6. The Morgan fingerprint density at radius 2 is 1.93 bits per heavy atom. The van der Waals surface area contributed by atoms with Crippen LogP contribution in [0.5, 0.6) is 0 Å². The van der Waals surface area contributed by atoms with E-state index in [0.717, 1.165) is 45.3 Å². The number of ether oxygens (including phenoxy) is 4. The maximum absolute atomic E-state index is 11.6. The standard InChI is InChI=1S/C19H32N2O8S/c1-19(2)27-16-15(26-18(25-3)17(16)28-19)13(29-30(22,23)24)12-21-11-7-10-20-9-6-4-5-8-14(20)21/h13,15-18H,4-12H2,1-3H3/t13-,15-,16+,17+,18+/m1/s1. The maximum atomic E-state index is 11.6. The molecule has 0 unspecified atom stereocenters. The molecule has 4 heterocycles. The van der Waals surface area contributed by atoms with Crippen molar-refractivity contribution in [3.8, 4) is 0 Å². The lowest BCUT2D eigenvalue weighted by Crippen LogP contribution is -2.52. The van der Waals surface area contributed by atoms with E-state index in [4.69, 9.17) is 23.1 Å². The fraction of sp³-hybridized carbons (Fsp3) is 0.947. The highest BCUT2D eigenvalue weighted by Gasteiger charge is 2.58. The highest BCUT2D eigenvalue weighted by Crippen LogP contribution is 2.40. The van der Waals surface area contributed by atoms with Crippen LogP contribution in [-0.4, -0.2) is 98.1 Å². The summed E-state index contributed by atoms with van der Waals surface area (Å²) >= 11 is 0. The van der Waals surface area contributed by atoms with Crippen LogP contribution in [-0.2, 0) is 33.5 Å². The highest BCUT2D eigenvalue weighted by molar-refractivity contribution is 7.80. The van der Waals surface area contributed by atoms with Crippen LogP contribution >= 0.6 is 0 Å². The largest absolute Gasteiger partial charge is 0.726 e. The molecule has 0 aromatic heterocycles. The third kappa shape index (κ3) is 4.82. The van der Waals surface area contributed by atoms with Gasteiger partial charge in [0.15, 0.2) is 12.1 Å². The lowest BCUT2D eigenvalue weighted by molar-refractivity contribution is -0.539. The van der Waals surface area contributed by atoms with Gasteiger partial charge in [-0.05, 0) is 33.1 Å². The molecular weight excluding hydrogens is 416 g/mol. The van der Waals surface area contributed by atoms with Gasteiger partial charge in [-0.2, -0.15) is 0 Å². The number of rotatable bonds is 6. The fourth-order valence-corrected chi connectivity index (χ4v) is 5.54. The number of hydrogen-bond donors (Lipinski definition) is 0. The lowest BCUT2D eigenvalue weighted by Gasteiger charge is -2.33. The third-order valence-electron chi connectivity index (χ3n) is 6.20. The Balaban J connectivity index is 1.59. The topological polar surface area (TPSA) is 110 Å². The van der Waals surface area contributed by atoms with Crippen molar-refractivity contribution in [3.05, 3.63) is 0 Å². The van der Waals surface area contributed by atoms with E-state index in [1.165, 1.54) is 19.4 Å². The highest BCUT2D eigenvalue weighted by atomic mass is 32.3.